The van der Waals surface area contributed by atoms with Crippen LogP contribution in [0.4, 0.5) is 0 Å². The fourth-order valence-electron chi connectivity index (χ4n) is 3.68. The average molecular weight is 366 g/mol. The zero-order valence-corrected chi connectivity index (χ0v) is 15.3. The van der Waals surface area contributed by atoms with Gasteiger partial charge in [-0.05, 0) is 49.4 Å². The molecule has 0 radical (unpaired) electrons. The second-order valence-electron chi connectivity index (χ2n) is 7.08. The molecule has 4 rings (SSSR count). The number of rotatable bonds is 5. The lowest BCUT2D eigenvalue weighted by molar-refractivity contribution is 0.0234. The first-order valence-corrected chi connectivity index (χ1v) is 9.02. The Morgan fingerprint density at radius 2 is 2.15 bits per heavy atom. The van der Waals surface area contributed by atoms with Crippen LogP contribution in [-0.2, 0) is 0 Å². The molecule has 140 valence electrons. The summed E-state index contributed by atoms with van der Waals surface area (Å²) in [5, 5.41) is 13.8. The average Bonchev–Trinajstić information content (AvgIpc) is 3.03. The highest BCUT2D eigenvalue weighted by molar-refractivity contribution is 6.05. The van der Waals surface area contributed by atoms with Gasteiger partial charge < -0.3 is 19.6 Å². The van der Waals surface area contributed by atoms with E-state index in [9.17, 15) is 9.90 Å². The molecule has 2 N–H and O–H groups in total. The van der Waals surface area contributed by atoms with Gasteiger partial charge in [0.2, 0.25) is 0 Å². The van der Waals surface area contributed by atoms with Gasteiger partial charge in [0, 0.05) is 11.6 Å². The van der Waals surface area contributed by atoms with Gasteiger partial charge in [0.25, 0.3) is 5.91 Å². The number of ether oxygens (including phenoxy) is 1. The number of nitrogens with one attached hydrogen (secondary N) is 1. The second-order valence-corrected chi connectivity index (χ2v) is 7.08. The lowest BCUT2D eigenvalue weighted by Gasteiger charge is -2.38. The van der Waals surface area contributed by atoms with Gasteiger partial charge in [-0.2, -0.15) is 0 Å². The number of hydrogen-bond donors (Lipinski definition) is 2. The number of aromatic nitrogens is 1. The van der Waals surface area contributed by atoms with Crippen LogP contribution in [-0.4, -0.2) is 29.2 Å². The molecule has 1 atom stereocenters. The lowest BCUT2D eigenvalue weighted by atomic mass is 9.75. The molecule has 0 aliphatic heterocycles. The molecule has 6 nitrogen and oxygen atoms in total. The molecule has 0 saturated heterocycles. The maximum Gasteiger partial charge on any atom is 0.255 e. The monoisotopic (exact) mass is 366 g/mol. The first-order chi connectivity index (χ1) is 13.0. The molecule has 27 heavy (non-hydrogen) atoms. The molecule has 2 heterocycles. The summed E-state index contributed by atoms with van der Waals surface area (Å²) in [5.41, 5.74) is 1.95. The van der Waals surface area contributed by atoms with Crippen molar-refractivity contribution in [3.8, 4) is 5.75 Å². The summed E-state index contributed by atoms with van der Waals surface area (Å²) in [5.74, 6) is 1.34. The van der Waals surface area contributed by atoms with E-state index in [1.807, 2.05) is 31.2 Å². The Bertz CT molecular complexity index is 975. The number of para-hydroxylation sites is 1. The Balaban J connectivity index is 1.65. The van der Waals surface area contributed by atoms with Crippen molar-refractivity contribution in [2.45, 2.75) is 31.9 Å². The number of methoxy groups -OCH3 is 1. The molecule has 1 saturated carbocycles. The maximum atomic E-state index is 13.0. The molecule has 1 aliphatic rings. The Morgan fingerprint density at radius 3 is 2.89 bits per heavy atom. The van der Waals surface area contributed by atoms with Crippen molar-refractivity contribution in [1.29, 1.82) is 0 Å². The topological polar surface area (TPSA) is 84.6 Å². The molecule has 1 fully saturated rings. The minimum atomic E-state index is -0.316. The van der Waals surface area contributed by atoms with Gasteiger partial charge in [-0.15, -0.1) is 0 Å². The highest BCUT2D eigenvalue weighted by Crippen LogP contribution is 2.39. The van der Waals surface area contributed by atoms with Crippen LogP contribution in [0.15, 0.2) is 47.1 Å². The number of hydrogen-bond acceptors (Lipinski definition) is 5. The molecule has 3 aromatic rings. The number of fused-ring (bicyclic) bond motifs is 1. The largest absolute Gasteiger partial charge is 0.495 e. The maximum absolute atomic E-state index is 13.0. The molecule has 1 aliphatic carbocycles. The molecule has 6 heteroatoms. The summed E-state index contributed by atoms with van der Waals surface area (Å²) < 4.78 is 11.0. The van der Waals surface area contributed by atoms with Gasteiger partial charge in [0.1, 0.15) is 17.1 Å². The summed E-state index contributed by atoms with van der Waals surface area (Å²) in [7, 11) is 1.58. The van der Waals surface area contributed by atoms with E-state index in [2.05, 4.69) is 10.3 Å². The smallest absolute Gasteiger partial charge is 0.255 e. The van der Waals surface area contributed by atoms with Gasteiger partial charge in [-0.3, -0.25) is 9.78 Å². The van der Waals surface area contributed by atoms with Gasteiger partial charge >= 0.3 is 0 Å². The van der Waals surface area contributed by atoms with Crippen molar-refractivity contribution >= 4 is 16.9 Å². The van der Waals surface area contributed by atoms with E-state index in [4.69, 9.17) is 9.15 Å². The van der Waals surface area contributed by atoms with Crippen LogP contribution in [0.1, 0.15) is 40.6 Å². The minimum absolute atomic E-state index is 0.149. The molecule has 0 unspecified atom stereocenters. The summed E-state index contributed by atoms with van der Waals surface area (Å²) in [6.07, 6.45) is 4.34. The van der Waals surface area contributed by atoms with Crippen LogP contribution in [0.2, 0.25) is 0 Å². The van der Waals surface area contributed by atoms with Crippen LogP contribution in [0.5, 0.6) is 5.75 Å². The number of aliphatic hydroxyl groups is 1. The van der Waals surface area contributed by atoms with Gasteiger partial charge in [0.05, 0.1) is 31.0 Å². The van der Waals surface area contributed by atoms with E-state index < -0.39 is 0 Å². The van der Waals surface area contributed by atoms with E-state index in [0.29, 0.717) is 29.7 Å². The van der Waals surface area contributed by atoms with Crippen molar-refractivity contribution in [2.24, 2.45) is 5.92 Å². The Morgan fingerprint density at radius 1 is 1.33 bits per heavy atom. The molecule has 1 amide bonds. The van der Waals surface area contributed by atoms with E-state index in [0.717, 1.165) is 16.7 Å². The second kappa shape index (κ2) is 7.04. The fourth-order valence-corrected chi connectivity index (χ4v) is 3.68. The number of nitrogens with zero attached hydrogens (tertiary/aromatic N) is 1. The zero-order valence-electron chi connectivity index (χ0n) is 15.3. The highest BCUT2D eigenvalue weighted by atomic mass is 16.5. The van der Waals surface area contributed by atoms with E-state index in [-0.39, 0.29) is 24.0 Å². The summed E-state index contributed by atoms with van der Waals surface area (Å²) in [6, 6.07) is 9.07. The van der Waals surface area contributed by atoms with Crippen molar-refractivity contribution in [3.63, 3.8) is 0 Å². The van der Waals surface area contributed by atoms with Crippen LogP contribution in [0, 0.1) is 12.8 Å². The van der Waals surface area contributed by atoms with E-state index >= 15 is 0 Å². The Hall–Kier alpha value is -2.86. The number of pyridine rings is 1. The number of carbonyl (C=O) groups excluding carboxylic acids is 1. The van der Waals surface area contributed by atoms with Crippen LogP contribution >= 0.6 is 0 Å². The van der Waals surface area contributed by atoms with E-state index in [1.165, 1.54) is 0 Å². The molecule has 0 bridgehead atoms. The summed E-state index contributed by atoms with van der Waals surface area (Å²) in [4.78, 5) is 17.3. The number of carbonyl (C=O) groups is 1. The molecule has 2 aromatic heterocycles. The predicted octanol–water partition coefficient (Wildman–Crippen LogP) is 3.39. The molecule has 1 aromatic carbocycles. The third-order valence-corrected chi connectivity index (χ3v) is 5.15. The number of aliphatic hydroxyl groups excluding tert-OH is 1. The Labute approximate surface area is 157 Å². The van der Waals surface area contributed by atoms with Crippen molar-refractivity contribution in [2.75, 3.05) is 7.11 Å². The van der Waals surface area contributed by atoms with Crippen LogP contribution < -0.4 is 10.1 Å². The summed E-state index contributed by atoms with van der Waals surface area (Å²) in [6.45, 7) is 1.86. The molecular weight excluding hydrogens is 344 g/mol. The number of benzene rings is 1. The SMILES string of the molecule is COc1cncc([C@H](NC(=O)c2cccc3cc(C)oc23)C2CC(O)C2)c1. The first kappa shape index (κ1) is 17.5. The zero-order chi connectivity index (χ0) is 19.0. The van der Waals surface area contributed by atoms with Crippen molar-refractivity contribution < 1.29 is 19.1 Å². The van der Waals surface area contributed by atoms with Gasteiger partial charge in [-0.25, -0.2) is 0 Å². The Kier molecular flexibility index (Phi) is 4.58. The van der Waals surface area contributed by atoms with Gasteiger partial charge in [-0.1, -0.05) is 12.1 Å². The summed E-state index contributed by atoms with van der Waals surface area (Å²) >= 11 is 0. The first-order valence-electron chi connectivity index (χ1n) is 9.02. The molecular formula is C21H22N2O4. The fraction of sp³-hybridized carbons (Fsp3) is 0.333. The third kappa shape index (κ3) is 3.40. The standard InChI is InChI=1S/C21H22N2O4/c1-12-6-13-4-3-5-18(20(13)27-12)21(25)23-19(14-7-16(24)8-14)15-9-17(26-2)11-22-10-15/h3-6,9-11,14,16,19,24H,7-8H2,1-2H3,(H,23,25)/t14?,16?,19-/m1/s1. The highest BCUT2D eigenvalue weighted by Gasteiger charge is 2.36. The van der Waals surface area contributed by atoms with Crippen LogP contribution in [0.25, 0.3) is 11.0 Å². The van der Waals surface area contributed by atoms with Gasteiger partial charge in [0.15, 0.2) is 0 Å². The normalized spacial score (nSPS) is 20.1. The number of furan rings is 1. The number of amides is 1. The number of aryl methyl sites for hydroxylation is 1. The molecule has 0 spiro atoms. The van der Waals surface area contributed by atoms with E-state index in [1.54, 1.807) is 25.6 Å². The van der Waals surface area contributed by atoms with Crippen molar-refractivity contribution in [3.05, 3.63) is 59.6 Å². The quantitative estimate of drug-likeness (QED) is 0.723. The third-order valence-electron chi connectivity index (χ3n) is 5.15. The minimum Gasteiger partial charge on any atom is -0.495 e. The van der Waals surface area contributed by atoms with Crippen LogP contribution in [0.3, 0.4) is 0 Å². The lowest BCUT2D eigenvalue weighted by Crippen LogP contribution is -2.41. The predicted molar refractivity (Wildman–Crippen MR) is 101 cm³/mol. The van der Waals surface area contributed by atoms with Crippen molar-refractivity contribution in [1.82, 2.24) is 10.3 Å².